The van der Waals surface area contributed by atoms with E-state index in [1.165, 1.54) is 5.56 Å². The molecule has 7 nitrogen and oxygen atoms in total. The van der Waals surface area contributed by atoms with Crippen molar-refractivity contribution < 1.29 is 24.1 Å². The number of hydrogen-bond donors (Lipinski definition) is 2. The molecular formula is C25H44N2O5. The first-order valence-electron chi connectivity index (χ1n) is 11.9. The minimum atomic E-state index is -0.539. The number of likely N-dealkylation sites (tertiary alicyclic amines) is 1. The zero-order valence-electron chi connectivity index (χ0n) is 20.6. The molecule has 0 bridgehead atoms. The average molecular weight is 453 g/mol. The first-order chi connectivity index (χ1) is 15.4. The van der Waals surface area contributed by atoms with E-state index >= 15 is 0 Å². The number of aliphatic hydroxyl groups is 1. The van der Waals surface area contributed by atoms with Gasteiger partial charge in [-0.15, -0.1) is 0 Å². The third-order valence-electron chi connectivity index (χ3n) is 6.58. The summed E-state index contributed by atoms with van der Waals surface area (Å²) in [5.41, 5.74) is 7.57. The fourth-order valence-corrected chi connectivity index (χ4v) is 4.34. The van der Waals surface area contributed by atoms with Crippen LogP contribution in [0.1, 0.15) is 45.1 Å². The first kappa shape index (κ1) is 26.9. The summed E-state index contributed by atoms with van der Waals surface area (Å²) in [6.45, 7) is 7.42. The van der Waals surface area contributed by atoms with Gasteiger partial charge in [-0.3, -0.25) is 4.90 Å². The van der Waals surface area contributed by atoms with E-state index in [1.54, 1.807) is 21.3 Å². The first-order valence-corrected chi connectivity index (χ1v) is 11.9. The smallest absolute Gasteiger partial charge is 0.161 e. The van der Waals surface area contributed by atoms with Crippen molar-refractivity contribution in [2.75, 3.05) is 47.6 Å². The molecule has 1 fully saturated rings. The molecule has 1 aromatic carbocycles. The highest BCUT2D eigenvalue weighted by Crippen LogP contribution is 2.31. The van der Waals surface area contributed by atoms with E-state index < -0.39 is 6.10 Å². The summed E-state index contributed by atoms with van der Waals surface area (Å²) in [6.07, 6.45) is 3.68. The van der Waals surface area contributed by atoms with Crippen molar-refractivity contribution in [1.29, 1.82) is 0 Å². The van der Waals surface area contributed by atoms with Crippen molar-refractivity contribution in [3.8, 4) is 11.5 Å². The topological polar surface area (TPSA) is 86.4 Å². The monoisotopic (exact) mass is 452 g/mol. The quantitative estimate of drug-likeness (QED) is 0.396. The van der Waals surface area contributed by atoms with Gasteiger partial charge in [0.05, 0.1) is 32.1 Å². The number of hydrogen-bond acceptors (Lipinski definition) is 7. The Bertz CT molecular complexity index is 657. The van der Waals surface area contributed by atoms with Crippen LogP contribution in [-0.2, 0) is 15.9 Å². The second kappa shape index (κ2) is 14.0. The fraction of sp³-hybridized carbons (Fsp3) is 0.760. The number of nitrogens with zero attached hydrogens (tertiary/aromatic N) is 1. The van der Waals surface area contributed by atoms with Crippen LogP contribution in [0.2, 0.25) is 0 Å². The second-order valence-corrected chi connectivity index (χ2v) is 9.16. The Kier molecular flexibility index (Phi) is 11.8. The molecule has 184 valence electrons. The molecule has 0 aliphatic carbocycles. The van der Waals surface area contributed by atoms with E-state index in [2.05, 4.69) is 30.9 Å². The third-order valence-corrected chi connectivity index (χ3v) is 6.58. The van der Waals surface area contributed by atoms with Gasteiger partial charge >= 0.3 is 0 Å². The molecule has 32 heavy (non-hydrogen) atoms. The van der Waals surface area contributed by atoms with Gasteiger partial charge in [0.2, 0.25) is 0 Å². The molecule has 0 radical (unpaired) electrons. The van der Waals surface area contributed by atoms with Crippen molar-refractivity contribution in [1.82, 2.24) is 4.90 Å². The van der Waals surface area contributed by atoms with Gasteiger partial charge in [-0.1, -0.05) is 19.9 Å². The number of benzene rings is 1. The Balaban J connectivity index is 1.93. The van der Waals surface area contributed by atoms with Crippen molar-refractivity contribution in [2.45, 2.75) is 64.3 Å². The van der Waals surface area contributed by atoms with Crippen LogP contribution in [0, 0.1) is 11.8 Å². The zero-order valence-corrected chi connectivity index (χ0v) is 20.6. The highest BCUT2D eigenvalue weighted by Gasteiger charge is 2.30. The highest BCUT2D eigenvalue weighted by molar-refractivity contribution is 5.43. The van der Waals surface area contributed by atoms with Gasteiger partial charge in [0.25, 0.3) is 0 Å². The van der Waals surface area contributed by atoms with Gasteiger partial charge in [-0.05, 0) is 55.2 Å². The molecule has 0 saturated carbocycles. The van der Waals surface area contributed by atoms with Crippen LogP contribution in [0.25, 0.3) is 0 Å². The van der Waals surface area contributed by atoms with Crippen LogP contribution < -0.4 is 15.2 Å². The molecule has 0 amide bonds. The Labute approximate surface area is 194 Å². The molecule has 2 rings (SSSR count). The molecule has 1 aromatic rings. The number of ether oxygens (including phenoxy) is 4. The summed E-state index contributed by atoms with van der Waals surface area (Å²) >= 11 is 0. The Morgan fingerprint density at radius 2 is 1.91 bits per heavy atom. The van der Waals surface area contributed by atoms with Crippen molar-refractivity contribution in [3.05, 3.63) is 23.8 Å². The number of methoxy groups -OCH3 is 3. The van der Waals surface area contributed by atoms with Crippen molar-refractivity contribution in [2.24, 2.45) is 17.6 Å². The summed E-state index contributed by atoms with van der Waals surface area (Å²) in [5.74, 6) is 2.45. The van der Waals surface area contributed by atoms with Crippen LogP contribution in [-0.4, -0.2) is 76.0 Å². The predicted octanol–water partition coefficient (Wildman–Crippen LogP) is 3.07. The lowest BCUT2D eigenvalue weighted by molar-refractivity contribution is 0.0397. The Morgan fingerprint density at radius 3 is 2.53 bits per heavy atom. The van der Waals surface area contributed by atoms with E-state index in [1.807, 2.05) is 6.07 Å². The van der Waals surface area contributed by atoms with Crippen molar-refractivity contribution >= 4 is 0 Å². The summed E-state index contributed by atoms with van der Waals surface area (Å²) in [4.78, 5) is 2.14. The molecule has 0 aromatic heterocycles. The van der Waals surface area contributed by atoms with Gasteiger partial charge in [0, 0.05) is 40.3 Å². The number of nitrogens with two attached hydrogens (primary N) is 1. The van der Waals surface area contributed by atoms with E-state index in [4.69, 9.17) is 24.7 Å². The molecule has 1 saturated heterocycles. The van der Waals surface area contributed by atoms with Gasteiger partial charge in [-0.25, -0.2) is 0 Å². The SMILES string of the molecule is COCCCOc1cc(C[C@H](CC[C@H](O)[C@@H](N)N2CC[C@H](OC)C2)C(C)C)ccc1OC. The Morgan fingerprint density at radius 1 is 1.12 bits per heavy atom. The molecule has 4 atom stereocenters. The molecule has 0 unspecified atom stereocenters. The molecule has 1 aliphatic heterocycles. The summed E-state index contributed by atoms with van der Waals surface area (Å²) < 4.78 is 21.9. The summed E-state index contributed by atoms with van der Waals surface area (Å²) in [7, 11) is 5.09. The van der Waals surface area contributed by atoms with Crippen LogP contribution in [0.5, 0.6) is 11.5 Å². The lowest BCUT2D eigenvalue weighted by atomic mass is 9.84. The summed E-state index contributed by atoms with van der Waals surface area (Å²) in [5, 5.41) is 10.7. The molecule has 7 heteroatoms. The average Bonchev–Trinajstić information content (AvgIpc) is 3.28. The largest absolute Gasteiger partial charge is 0.493 e. The lowest BCUT2D eigenvalue weighted by Gasteiger charge is -2.30. The van der Waals surface area contributed by atoms with Gasteiger partial charge < -0.3 is 29.8 Å². The maximum Gasteiger partial charge on any atom is 0.161 e. The minimum absolute atomic E-state index is 0.220. The van der Waals surface area contributed by atoms with Gasteiger partial charge in [-0.2, -0.15) is 0 Å². The van der Waals surface area contributed by atoms with E-state index in [-0.39, 0.29) is 12.3 Å². The van der Waals surface area contributed by atoms with E-state index in [0.717, 1.165) is 50.3 Å². The van der Waals surface area contributed by atoms with E-state index in [0.29, 0.717) is 31.5 Å². The number of rotatable bonds is 15. The molecule has 1 aliphatic rings. The third kappa shape index (κ3) is 8.19. The van der Waals surface area contributed by atoms with Crippen LogP contribution in [0.4, 0.5) is 0 Å². The minimum Gasteiger partial charge on any atom is -0.493 e. The molecule has 3 N–H and O–H groups in total. The standard InChI is InChI=1S/C25H44N2O5/c1-18(2)20(8-9-22(28)25(26)27-12-11-21(17-27)30-4)15-19-7-10-23(31-5)24(16-19)32-14-6-13-29-3/h7,10,16,18,20-22,25,28H,6,8-9,11-15,17,26H2,1-5H3/t20-,21-,22-,25-/m0/s1. The predicted molar refractivity (Wildman–Crippen MR) is 127 cm³/mol. The zero-order chi connectivity index (χ0) is 23.5. The van der Waals surface area contributed by atoms with E-state index in [9.17, 15) is 5.11 Å². The van der Waals surface area contributed by atoms with Crippen LogP contribution in [0.3, 0.4) is 0 Å². The number of aliphatic hydroxyl groups excluding tert-OH is 1. The molecule has 1 heterocycles. The maximum absolute atomic E-state index is 10.7. The molecular weight excluding hydrogens is 408 g/mol. The van der Waals surface area contributed by atoms with Crippen molar-refractivity contribution in [3.63, 3.8) is 0 Å². The van der Waals surface area contributed by atoms with Gasteiger partial charge in [0.1, 0.15) is 0 Å². The molecule has 0 spiro atoms. The normalized spacial score (nSPS) is 19.8. The summed E-state index contributed by atoms with van der Waals surface area (Å²) in [6, 6.07) is 6.16. The van der Waals surface area contributed by atoms with Crippen LogP contribution >= 0.6 is 0 Å². The highest BCUT2D eigenvalue weighted by atomic mass is 16.5. The maximum atomic E-state index is 10.7. The fourth-order valence-electron chi connectivity index (χ4n) is 4.34. The second-order valence-electron chi connectivity index (χ2n) is 9.16. The van der Waals surface area contributed by atoms with Gasteiger partial charge in [0.15, 0.2) is 11.5 Å². The van der Waals surface area contributed by atoms with Crippen LogP contribution in [0.15, 0.2) is 18.2 Å². The Hall–Kier alpha value is -1.38. The lowest BCUT2D eigenvalue weighted by Crippen LogP contribution is -2.49.